The van der Waals surface area contributed by atoms with Gasteiger partial charge >= 0.3 is 5.97 Å². The fourth-order valence-corrected chi connectivity index (χ4v) is 3.99. The number of carbonyl (C=O) groups is 3. The molecule has 1 aliphatic carbocycles. The fourth-order valence-electron chi connectivity index (χ4n) is 3.99. The van der Waals surface area contributed by atoms with Crippen LogP contribution in [0.5, 0.6) is 0 Å². The van der Waals surface area contributed by atoms with Crippen molar-refractivity contribution in [3.8, 4) is 6.07 Å². The largest absolute Gasteiger partial charge is 0.467 e. The van der Waals surface area contributed by atoms with E-state index in [0.29, 0.717) is 16.7 Å². The number of esters is 1. The van der Waals surface area contributed by atoms with Crippen molar-refractivity contribution in [2.45, 2.75) is 50.1 Å². The first-order chi connectivity index (χ1) is 15.5. The molecule has 1 fully saturated rings. The number of amides is 2. The number of benzene rings is 2. The molecule has 2 aromatic rings. The molecule has 2 amide bonds. The van der Waals surface area contributed by atoms with Gasteiger partial charge in [-0.15, -0.1) is 0 Å². The Morgan fingerprint density at radius 2 is 1.69 bits per heavy atom. The zero-order valence-electron chi connectivity index (χ0n) is 18.1. The standard InChI is InChI=1S/C25H27N3O4/c1-32-24(31)25(16-18-12-14-19(17-26)15-13-18,23(30)27-21-10-6-3-7-11-21)28-22(29)20-8-4-2-5-9-20/h2,4-5,8-9,12-15,21H,3,6-7,10-11,16H2,1H3,(H,27,30)(H,28,29). The molecule has 7 nitrogen and oxygen atoms in total. The molecule has 3 rings (SSSR count). The van der Waals surface area contributed by atoms with Crippen LogP contribution in [0.2, 0.25) is 0 Å². The molecule has 0 bridgehead atoms. The van der Waals surface area contributed by atoms with Gasteiger partial charge in [0, 0.05) is 18.0 Å². The molecular weight excluding hydrogens is 406 g/mol. The summed E-state index contributed by atoms with van der Waals surface area (Å²) < 4.78 is 5.01. The number of rotatable bonds is 7. The van der Waals surface area contributed by atoms with E-state index in [1.807, 2.05) is 6.07 Å². The highest BCUT2D eigenvalue weighted by atomic mass is 16.5. The van der Waals surface area contributed by atoms with Crippen LogP contribution in [0.15, 0.2) is 54.6 Å². The second-order valence-corrected chi connectivity index (χ2v) is 8.01. The summed E-state index contributed by atoms with van der Waals surface area (Å²) >= 11 is 0. The van der Waals surface area contributed by atoms with Gasteiger partial charge in [-0.05, 0) is 42.7 Å². The number of carbonyl (C=O) groups excluding carboxylic acids is 3. The van der Waals surface area contributed by atoms with Crippen LogP contribution in [0.1, 0.15) is 53.6 Å². The molecule has 0 aromatic heterocycles. The Morgan fingerprint density at radius 1 is 1.03 bits per heavy atom. The predicted molar refractivity (Wildman–Crippen MR) is 119 cm³/mol. The molecule has 0 spiro atoms. The second kappa shape index (κ2) is 10.6. The Morgan fingerprint density at radius 3 is 2.28 bits per heavy atom. The highest BCUT2D eigenvalue weighted by molar-refractivity contribution is 6.12. The van der Waals surface area contributed by atoms with Gasteiger partial charge < -0.3 is 15.4 Å². The van der Waals surface area contributed by atoms with E-state index in [4.69, 9.17) is 10.00 Å². The highest BCUT2D eigenvalue weighted by Gasteiger charge is 2.49. The number of nitrogens with zero attached hydrogens (tertiary/aromatic N) is 1. The monoisotopic (exact) mass is 433 g/mol. The van der Waals surface area contributed by atoms with Crippen molar-refractivity contribution in [3.63, 3.8) is 0 Å². The number of nitriles is 1. The smallest absolute Gasteiger partial charge is 0.341 e. The Hall–Kier alpha value is -3.66. The van der Waals surface area contributed by atoms with Gasteiger partial charge in [0.1, 0.15) is 0 Å². The van der Waals surface area contributed by atoms with E-state index in [1.54, 1.807) is 54.6 Å². The molecule has 1 saturated carbocycles. The third-order valence-corrected chi connectivity index (χ3v) is 5.78. The maximum absolute atomic E-state index is 13.5. The highest BCUT2D eigenvalue weighted by Crippen LogP contribution is 2.22. The predicted octanol–water partition coefficient (Wildman–Crippen LogP) is 2.89. The summed E-state index contributed by atoms with van der Waals surface area (Å²) in [6, 6.07) is 16.9. The van der Waals surface area contributed by atoms with Gasteiger partial charge in [0.15, 0.2) is 0 Å². The summed E-state index contributed by atoms with van der Waals surface area (Å²) in [7, 11) is 1.19. The van der Waals surface area contributed by atoms with Crippen molar-refractivity contribution < 1.29 is 19.1 Å². The number of methoxy groups -OCH3 is 1. The van der Waals surface area contributed by atoms with Gasteiger partial charge in [-0.2, -0.15) is 5.26 Å². The molecular formula is C25H27N3O4. The molecule has 0 radical (unpaired) electrons. The van der Waals surface area contributed by atoms with Crippen LogP contribution in [0, 0.1) is 11.3 Å². The molecule has 2 aromatic carbocycles. The van der Waals surface area contributed by atoms with E-state index in [1.165, 1.54) is 7.11 Å². The molecule has 1 unspecified atom stereocenters. The molecule has 7 heteroatoms. The summed E-state index contributed by atoms with van der Waals surface area (Å²) in [6.45, 7) is 0. The van der Waals surface area contributed by atoms with Gasteiger partial charge in [0.25, 0.3) is 11.8 Å². The zero-order chi connectivity index (χ0) is 23.0. The van der Waals surface area contributed by atoms with Gasteiger partial charge in [-0.1, -0.05) is 49.6 Å². The minimum atomic E-state index is -1.95. The normalized spacial score (nSPS) is 15.6. The Balaban J connectivity index is 1.97. The Kier molecular flexibility index (Phi) is 7.61. The molecule has 1 aliphatic rings. The van der Waals surface area contributed by atoms with E-state index >= 15 is 0 Å². The van der Waals surface area contributed by atoms with E-state index in [2.05, 4.69) is 10.6 Å². The molecule has 2 N–H and O–H groups in total. The molecule has 32 heavy (non-hydrogen) atoms. The average molecular weight is 434 g/mol. The third-order valence-electron chi connectivity index (χ3n) is 5.78. The Bertz CT molecular complexity index is 992. The first kappa shape index (κ1) is 23.0. The van der Waals surface area contributed by atoms with Gasteiger partial charge in [0.05, 0.1) is 18.7 Å². The summed E-state index contributed by atoms with van der Waals surface area (Å²) in [5, 5.41) is 14.7. The lowest BCUT2D eigenvalue weighted by Gasteiger charge is -2.33. The summed E-state index contributed by atoms with van der Waals surface area (Å²) in [6.07, 6.45) is 4.66. The first-order valence-corrected chi connectivity index (χ1v) is 10.7. The van der Waals surface area contributed by atoms with Crippen molar-refractivity contribution in [2.24, 2.45) is 0 Å². The number of nitrogens with one attached hydrogen (secondary N) is 2. The van der Waals surface area contributed by atoms with E-state index in [0.717, 1.165) is 32.1 Å². The van der Waals surface area contributed by atoms with Crippen LogP contribution in [0.4, 0.5) is 0 Å². The average Bonchev–Trinajstić information content (AvgIpc) is 2.84. The summed E-state index contributed by atoms with van der Waals surface area (Å²) in [5.74, 6) is -1.99. The molecule has 0 aliphatic heterocycles. The minimum absolute atomic E-state index is 0.0603. The topological polar surface area (TPSA) is 108 Å². The Labute approximate surface area is 187 Å². The quantitative estimate of drug-likeness (QED) is 0.516. The van der Waals surface area contributed by atoms with Crippen molar-refractivity contribution in [1.82, 2.24) is 10.6 Å². The molecule has 1 atom stereocenters. The van der Waals surface area contributed by atoms with Gasteiger partial charge in [0.2, 0.25) is 5.54 Å². The number of hydrogen-bond donors (Lipinski definition) is 2. The van der Waals surface area contributed by atoms with E-state index in [9.17, 15) is 14.4 Å². The van der Waals surface area contributed by atoms with E-state index in [-0.39, 0.29) is 12.5 Å². The van der Waals surface area contributed by atoms with Crippen LogP contribution in [-0.4, -0.2) is 36.5 Å². The molecule has 166 valence electrons. The van der Waals surface area contributed by atoms with Crippen LogP contribution < -0.4 is 10.6 Å². The number of ether oxygens (including phenoxy) is 1. The van der Waals surface area contributed by atoms with Crippen LogP contribution >= 0.6 is 0 Å². The van der Waals surface area contributed by atoms with Crippen LogP contribution in [0.3, 0.4) is 0 Å². The zero-order valence-corrected chi connectivity index (χ0v) is 18.1. The van der Waals surface area contributed by atoms with Crippen molar-refractivity contribution in [2.75, 3.05) is 7.11 Å². The molecule has 0 heterocycles. The lowest BCUT2D eigenvalue weighted by Crippen LogP contribution is -2.66. The van der Waals surface area contributed by atoms with Crippen molar-refractivity contribution in [3.05, 3.63) is 71.3 Å². The van der Waals surface area contributed by atoms with Gasteiger partial charge in [-0.3, -0.25) is 9.59 Å². The van der Waals surface area contributed by atoms with Crippen molar-refractivity contribution in [1.29, 1.82) is 5.26 Å². The van der Waals surface area contributed by atoms with E-state index < -0.39 is 23.3 Å². The summed E-state index contributed by atoms with van der Waals surface area (Å²) in [4.78, 5) is 39.6. The van der Waals surface area contributed by atoms with Gasteiger partial charge in [-0.25, -0.2) is 4.79 Å². The lowest BCUT2D eigenvalue weighted by atomic mass is 9.87. The van der Waals surface area contributed by atoms with Crippen molar-refractivity contribution >= 4 is 17.8 Å². The SMILES string of the molecule is COC(=O)C(Cc1ccc(C#N)cc1)(NC(=O)c1ccccc1)C(=O)NC1CCCCC1. The molecule has 0 saturated heterocycles. The van der Waals surface area contributed by atoms with Crippen LogP contribution in [-0.2, 0) is 20.7 Å². The van der Waals surface area contributed by atoms with Crippen LogP contribution in [0.25, 0.3) is 0 Å². The maximum Gasteiger partial charge on any atom is 0.341 e. The lowest BCUT2D eigenvalue weighted by molar-refractivity contribution is -0.153. The number of hydrogen-bond acceptors (Lipinski definition) is 5. The first-order valence-electron chi connectivity index (χ1n) is 10.7. The third kappa shape index (κ3) is 5.33. The summed E-state index contributed by atoms with van der Waals surface area (Å²) in [5.41, 5.74) is -0.558. The maximum atomic E-state index is 13.5. The minimum Gasteiger partial charge on any atom is -0.467 e. The fraction of sp³-hybridized carbons (Fsp3) is 0.360. The second-order valence-electron chi connectivity index (χ2n) is 8.01.